The highest BCUT2D eigenvalue weighted by Gasteiger charge is 2.22. The van der Waals surface area contributed by atoms with Crippen molar-refractivity contribution >= 4 is 39.3 Å². The predicted octanol–water partition coefficient (Wildman–Crippen LogP) is 6.63. The predicted molar refractivity (Wildman–Crippen MR) is 146 cm³/mol. The van der Waals surface area contributed by atoms with E-state index in [-0.39, 0.29) is 18.4 Å². The van der Waals surface area contributed by atoms with Crippen LogP contribution in [0.1, 0.15) is 54.7 Å². The number of hydrogen-bond donors (Lipinski definition) is 0. The topological polar surface area (TPSA) is 45.6 Å². The van der Waals surface area contributed by atoms with Crippen LogP contribution >= 0.6 is 27.5 Å². The maximum Gasteiger partial charge on any atom is 0.254 e. The van der Waals surface area contributed by atoms with E-state index in [0.717, 1.165) is 36.0 Å². The van der Waals surface area contributed by atoms with E-state index >= 15 is 0 Å². The number of aromatic nitrogens is 1. The number of benzene rings is 2. The van der Waals surface area contributed by atoms with Gasteiger partial charge in [-0.2, -0.15) is 0 Å². The molecule has 0 saturated heterocycles. The fourth-order valence-corrected chi connectivity index (χ4v) is 4.32. The summed E-state index contributed by atoms with van der Waals surface area (Å²) in [6.07, 6.45) is 4.73. The van der Waals surface area contributed by atoms with Gasteiger partial charge in [0, 0.05) is 46.6 Å². The lowest BCUT2D eigenvalue weighted by molar-refractivity contribution is -0.132. The maximum absolute atomic E-state index is 13.5. The van der Waals surface area contributed by atoms with Crippen LogP contribution in [-0.4, -0.2) is 45.8 Å². The van der Waals surface area contributed by atoms with E-state index in [1.807, 2.05) is 36.2 Å². The second-order valence-corrected chi connectivity index (χ2v) is 10.0. The minimum Gasteiger partial charge on any atom is -0.345 e. The van der Waals surface area contributed by atoms with Gasteiger partial charge in [0.2, 0.25) is 5.91 Å². The highest BCUT2D eigenvalue weighted by atomic mass is 79.9. The van der Waals surface area contributed by atoms with Gasteiger partial charge in [0.25, 0.3) is 5.91 Å². The summed E-state index contributed by atoms with van der Waals surface area (Å²) in [5.74, 6) is -0.184. The molecule has 186 valence electrons. The summed E-state index contributed by atoms with van der Waals surface area (Å²) in [7, 11) is 0. The van der Waals surface area contributed by atoms with Gasteiger partial charge in [0.1, 0.15) is 6.54 Å². The van der Waals surface area contributed by atoms with Crippen molar-refractivity contribution in [2.75, 3.05) is 19.6 Å². The van der Waals surface area contributed by atoms with Gasteiger partial charge >= 0.3 is 0 Å². The van der Waals surface area contributed by atoms with E-state index in [4.69, 9.17) is 11.6 Å². The molecular formula is C28H33BrClN3O2. The quantitative estimate of drug-likeness (QED) is 0.250. The Balaban J connectivity index is 1.74. The molecule has 0 aliphatic rings. The van der Waals surface area contributed by atoms with E-state index in [1.54, 1.807) is 29.2 Å². The third kappa shape index (κ3) is 7.97. The highest BCUT2D eigenvalue weighted by molar-refractivity contribution is 9.10. The zero-order chi connectivity index (χ0) is 25.2. The van der Waals surface area contributed by atoms with E-state index in [1.165, 1.54) is 5.56 Å². The first-order valence-electron chi connectivity index (χ1n) is 12.1. The van der Waals surface area contributed by atoms with Crippen LogP contribution < -0.4 is 0 Å². The van der Waals surface area contributed by atoms with Gasteiger partial charge in [-0.3, -0.25) is 9.59 Å². The SMILES string of the molecule is CCCCN(Cc1cccn1Cc1ccc(Br)cc1)C(=O)CN(CCC)C(=O)c1ccc(Cl)cc1. The molecule has 0 saturated carbocycles. The van der Waals surface area contributed by atoms with Crippen molar-refractivity contribution in [2.24, 2.45) is 0 Å². The molecule has 5 nitrogen and oxygen atoms in total. The first-order chi connectivity index (χ1) is 16.9. The van der Waals surface area contributed by atoms with E-state index in [2.05, 4.69) is 45.6 Å². The van der Waals surface area contributed by atoms with Crippen molar-refractivity contribution in [1.82, 2.24) is 14.4 Å². The lowest BCUT2D eigenvalue weighted by Gasteiger charge is -2.28. The van der Waals surface area contributed by atoms with Crippen LogP contribution in [0.2, 0.25) is 5.02 Å². The number of amides is 2. The molecule has 7 heteroatoms. The summed E-state index contributed by atoms with van der Waals surface area (Å²) >= 11 is 9.46. The van der Waals surface area contributed by atoms with Crippen LogP contribution in [0.5, 0.6) is 0 Å². The van der Waals surface area contributed by atoms with Crippen molar-refractivity contribution < 1.29 is 9.59 Å². The summed E-state index contributed by atoms with van der Waals surface area (Å²) in [6.45, 7) is 6.62. The Kier molecular flexibility index (Phi) is 10.4. The largest absolute Gasteiger partial charge is 0.345 e. The Morgan fingerprint density at radius 1 is 0.914 bits per heavy atom. The third-order valence-corrected chi connectivity index (χ3v) is 6.66. The van der Waals surface area contributed by atoms with Crippen LogP contribution in [0.25, 0.3) is 0 Å². The van der Waals surface area contributed by atoms with Crippen LogP contribution in [-0.2, 0) is 17.9 Å². The fourth-order valence-electron chi connectivity index (χ4n) is 3.93. The van der Waals surface area contributed by atoms with Gasteiger partial charge in [-0.1, -0.05) is 59.9 Å². The molecule has 0 aliphatic heterocycles. The summed E-state index contributed by atoms with van der Waals surface area (Å²) in [5, 5.41) is 0.580. The van der Waals surface area contributed by atoms with Crippen LogP contribution in [0.4, 0.5) is 0 Å². The summed E-state index contributed by atoms with van der Waals surface area (Å²) in [4.78, 5) is 30.1. The standard InChI is InChI=1S/C28H33BrClN3O2/c1-3-5-17-32(20-26-7-6-18-31(26)19-22-8-12-24(29)13-9-22)27(34)21-33(16-4-2)28(35)23-10-14-25(30)15-11-23/h6-15,18H,3-5,16-17,19-21H2,1-2H3. The van der Waals surface area contributed by atoms with Crippen LogP contribution in [0, 0.1) is 0 Å². The van der Waals surface area contributed by atoms with Crippen molar-refractivity contribution in [3.63, 3.8) is 0 Å². The highest BCUT2D eigenvalue weighted by Crippen LogP contribution is 2.16. The molecule has 3 rings (SSSR count). The number of carbonyl (C=O) groups is 2. The number of halogens is 2. The molecule has 2 aromatic carbocycles. The van der Waals surface area contributed by atoms with Gasteiger partial charge in [-0.15, -0.1) is 0 Å². The van der Waals surface area contributed by atoms with Gasteiger partial charge in [0.05, 0.1) is 6.54 Å². The van der Waals surface area contributed by atoms with E-state index in [0.29, 0.717) is 30.2 Å². The molecule has 0 unspecified atom stereocenters. The number of rotatable bonds is 12. The summed E-state index contributed by atoms with van der Waals surface area (Å²) in [5.41, 5.74) is 2.81. The summed E-state index contributed by atoms with van der Waals surface area (Å²) in [6, 6.07) is 19.2. The second kappa shape index (κ2) is 13.5. The van der Waals surface area contributed by atoms with Crippen LogP contribution in [0.3, 0.4) is 0 Å². The smallest absolute Gasteiger partial charge is 0.254 e. The van der Waals surface area contributed by atoms with E-state index < -0.39 is 0 Å². The fraction of sp³-hybridized carbons (Fsp3) is 0.357. The maximum atomic E-state index is 13.5. The molecule has 0 N–H and O–H groups in total. The zero-order valence-corrected chi connectivity index (χ0v) is 22.8. The number of unbranched alkanes of at least 4 members (excludes halogenated alkanes) is 1. The van der Waals surface area contributed by atoms with Crippen molar-refractivity contribution in [2.45, 2.75) is 46.2 Å². The Hall–Kier alpha value is -2.57. The molecule has 0 atom stereocenters. The van der Waals surface area contributed by atoms with Crippen molar-refractivity contribution in [1.29, 1.82) is 0 Å². The van der Waals surface area contributed by atoms with Gasteiger partial charge in [0.15, 0.2) is 0 Å². The zero-order valence-electron chi connectivity index (χ0n) is 20.4. The lowest BCUT2D eigenvalue weighted by atomic mass is 10.2. The lowest BCUT2D eigenvalue weighted by Crippen LogP contribution is -2.43. The van der Waals surface area contributed by atoms with Gasteiger partial charge in [-0.05, 0) is 66.9 Å². The Labute approximate surface area is 221 Å². The van der Waals surface area contributed by atoms with Crippen molar-refractivity contribution in [3.8, 4) is 0 Å². The molecule has 1 aromatic heterocycles. The Bertz CT molecular complexity index is 1100. The molecule has 35 heavy (non-hydrogen) atoms. The Morgan fingerprint density at radius 3 is 2.29 bits per heavy atom. The number of nitrogens with zero attached hydrogens (tertiary/aromatic N) is 3. The molecule has 0 radical (unpaired) electrons. The summed E-state index contributed by atoms with van der Waals surface area (Å²) < 4.78 is 3.23. The van der Waals surface area contributed by atoms with Gasteiger partial charge < -0.3 is 14.4 Å². The van der Waals surface area contributed by atoms with Crippen molar-refractivity contribution in [3.05, 3.63) is 93.2 Å². The minimum absolute atomic E-state index is 0.0365. The van der Waals surface area contributed by atoms with E-state index in [9.17, 15) is 9.59 Å². The number of hydrogen-bond acceptors (Lipinski definition) is 2. The Morgan fingerprint density at radius 2 is 1.63 bits per heavy atom. The first kappa shape index (κ1) is 27.0. The average molecular weight is 559 g/mol. The molecule has 1 heterocycles. The molecule has 2 amide bonds. The molecule has 3 aromatic rings. The molecule has 0 aliphatic carbocycles. The average Bonchev–Trinajstić information content (AvgIpc) is 3.29. The second-order valence-electron chi connectivity index (χ2n) is 8.66. The number of carbonyl (C=O) groups excluding carboxylic acids is 2. The molecule has 0 bridgehead atoms. The van der Waals surface area contributed by atoms with Crippen LogP contribution in [0.15, 0.2) is 71.3 Å². The molecular weight excluding hydrogens is 526 g/mol. The van der Waals surface area contributed by atoms with Gasteiger partial charge in [-0.25, -0.2) is 0 Å². The molecule has 0 fully saturated rings. The first-order valence-corrected chi connectivity index (χ1v) is 13.3. The normalized spacial score (nSPS) is 10.9. The monoisotopic (exact) mass is 557 g/mol. The molecule has 0 spiro atoms. The minimum atomic E-state index is -0.147. The third-order valence-electron chi connectivity index (χ3n) is 5.87.